The van der Waals surface area contributed by atoms with Crippen molar-refractivity contribution in [3.8, 4) is 0 Å². The zero-order valence-corrected chi connectivity index (χ0v) is 8.05. The molecule has 0 heterocycles. The van der Waals surface area contributed by atoms with Crippen LogP contribution in [0.15, 0.2) is 23.5 Å². The van der Waals surface area contributed by atoms with Gasteiger partial charge in [-0.3, -0.25) is 20.2 Å². The standard InChI is InChI=1S/C6H5N5O6/c7-9(17-8-12)5-2-1-4(10(13)14)3-6(5)11(15)16/h1-3H,7H2. The molecule has 1 aromatic carbocycles. The van der Waals surface area contributed by atoms with E-state index in [0.717, 1.165) is 12.1 Å². The fourth-order valence-electron chi connectivity index (χ4n) is 1.04. The van der Waals surface area contributed by atoms with Crippen molar-refractivity contribution >= 4 is 17.1 Å². The van der Waals surface area contributed by atoms with Gasteiger partial charge in [0.25, 0.3) is 5.69 Å². The van der Waals surface area contributed by atoms with Crippen molar-refractivity contribution in [3.63, 3.8) is 0 Å². The number of nitrogens with two attached hydrogens (primary N) is 1. The van der Waals surface area contributed by atoms with Crippen LogP contribution in [0.2, 0.25) is 0 Å². The maximum atomic E-state index is 10.6. The highest BCUT2D eigenvalue weighted by molar-refractivity contribution is 5.64. The monoisotopic (exact) mass is 243 g/mol. The van der Waals surface area contributed by atoms with Crippen molar-refractivity contribution in [3.05, 3.63) is 43.3 Å². The molecule has 0 saturated heterocycles. The summed E-state index contributed by atoms with van der Waals surface area (Å²) in [5.74, 6) is 5.11. The lowest BCUT2D eigenvalue weighted by atomic mass is 10.2. The zero-order valence-electron chi connectivity index (χ0n) is 8.05. The van der Waals surface area contributed by atoms with E-state index in [1.807, 2.05) is 5.34 Å². The van der Waals surface area contributed by atoms with E-state index in [1.165, 1.54) is 0 Å². The van der Waals surface area contributed by atoms with E-state index >= 15 is 0 Å². The summed E-state index contributed by atoms with van der Waals surface area (Å²) in [6.07, 6.45) is 0. The minimum absolute atomic E-state index is 0.231. The Morgan fingerprint density at radius 3 is 2.41 bits per heavy atom. The van der Waals surface area contributed by atoms with E-state index in [9.17, 15) is 25.1 Å². The highest BCUT2D eigenvalue weighted by Crippen LogP contribution is 2.30. The summed E-state index contributed by atoms with van der Waals surface area (Å²) in [5, 5.41) is 23.3. The van der Waals surface area contributed by atoms with E-state index in [-0.39, 0.29) is 10.9 Å². The Hall–Kier alpha value is -2.82. The Bertz CT molecular complexity index is 476. The van der Waals surface area contributed by atoms with Gasteiger partial charge in [-0.15, -0.1) is 10.1 Å². The van der Waals surface area contributed by atoms with Gasteiger partial charge in [0.1, 0.15) is 0 Å². The lowest BCUT2D eigenvalue weighted by Crippen LogP contribution is -2.29. The van der Waals surface area contributed by atoms with Crippen LogP contribution in [-0.2, 0) is 4.94 Å². The first-order chi connectivity index (χ1) is 7.97. The van der Waals surface area contributed by atoms with Gasteiger partial charge in [0.2, 0.25) is 0 Å². The number of nitrogens with zero attached hydrogens (tertiary/aromatic N) is 4. The molecule has 0 aliphatic rings. The van der Waals surface area contributed by atoms with Crippen LogP contribution in [0, 0.1) is 25.1 Å². The van der Waals surface area contributed by atoms with Crippen LogP contribution in [0.4, 0.5) is 17.1 Å². The highest BCUT2D eigenvalue weighted by atomic mass is 16.9. The third-order valence-corrected chi connectivity index (χ3v) is 1.73. The molecule has 11 heteroatoms. The van der Waals surface area contributed by atoms with Crippen LogP contribution in [0.25, 0.3) is 0 Å². The van der Waals surface area contributed by atoms with Gasteiger partial charge < -0.3 is 0 Å². The van der Waals surface area contributed by atoms with Crippen LogP contribution in [0.1, 0.15) is 0 Å². The predicted octanol–water partition coefficient (Wildman–Crippen LogP) is 0.796. The Morgan fingerprint density at radius 1 is 1.29 bits per heavy atom. The third-order valence-electron chi connectivity index (χ3n) is 1.73. The highest BCUT2D eigenvalue weighted by Gasteiger charge is 2.23. The molecule has 11 nitrogen and oxygen atoms in total. The van der Waals surface area contributed by atoms with Crippen molar-refractivity contribution in [2.45, 2.75) is 0 Å². The van der Waals surface area contributed by atoms with Crippen molar-refractivity contribution in [2.75, 3.05) is 5.17 Å². The number of rotatable bonds is 5. The second kappa shape index (κ2) is 4.80. The minimum atomic E-state index is -0.906. The molecular formula is C6H5N5O6. The quantitative estimate of drug-likeness (QED) is 0.344. The summed E-state index contributed by atoms with van der Waals surface area (Å²) in [6.45, 7) is 0. The number of non-ortho nitro benzene ring substituents is 1. The first-order valence-corrected chi connectivity index (χ1v) is 3.95. The molecule has 2 N–H and O–H groups in total. The van der Waals surface area contributed by atoms with E-state index in [1.54, 1.807) is 0 Å². The Balaban J connectivity index is 3.26. The van der Waals surface area contributed by atoms with Crippen molar-refractivity contribution in [1.29, 1.82) is 0 Å². The van der Waals surface area contributed by atoms with Gasteiger partial charge in [0.15, 0.2) is 11.0 Å². The van der Waals surface area contributed by atoms with Crippen molar-refractivity contribution < 1.29 is 14.8 Å². The average molecular weight is 243 g/mol. The summed E-state index contributed by atoms with van der Waals surface area (Å²) in [5.41, 5.74) is -1.53. The largest absolute Gasteiger partial charge is 0.304 e. The van der Waals surface area contributed by atoms with Gasteiger partial charge in [0.05, 0.1) is 15.9 Å². The Labute approximate surface area is 92.5 Å². The molecule has 0 radical (unpaired) electrons. The van der Waals surface area contributed by atoms with Gasteiger partial charge in [0, 0.05) is 6.07 Å². The fraction of sp³-hybridized carbons (Fsp3) is 0. The lowest BCUT2D eigenvalue weighted by molar-refractivity contribution is -0.393. The summed E-state index contributed by atoms with van der Waals surface area (Å²) >= 11 is 0. The molecule has 0 amide bonds. The molecular weight excluding hydrogens is 238 g/mol. The van der Waals surface area contributed by atoms with Gasteiger partial charge in [-0.25, -0.2) is 10.8 Å². The summed E-state index contributed by atoms with van der Waals surface area (Å²) < 4.78 is 0. The number of anilines is 1. The number of nitro benzene ring substituents is 2. The molecule has 0 spiro atoms. The Morgan fingerprint density at radius 2 is 1.94 bits per heavy atom. The number of hydrazine groups is 1. The van der Waals surface area contributed by atoms with Gasteiger partial charge in [-0.05, 0) is 6.07 Å². The van der Waals surface area contributed by atoms with Crippen molar-refractivity contribution in [1.82, 2.24) is 0 Å². The van der Waals surface area contributed by atoms with Gasteiger partial charge >= 0.3 is 5.69 Å². The molecule has 1 aromatic rings. The molecule has 0 fully saturated rings. The second-order valence-electron chi connectivity index (χ2n) is 2.67. The summed E-state index contributed by atoms with van der Waals surface area (Å²) in [6, 6.07) is 2.61. The number of benzene rings is 1. The molecule has 0 atom stereocenters. The average Bonchev–Trinajstić information content (AvgIpc) is 2.28. The van der Waals surface area contributed by atoms with Crippen LogP contribution < -0.4 is 11.0 Å². The maximum absolute atomic E-state index is 10.6. The van der Waals surface area contributed by atoms with E-state index < -0.39 is 21.2 Å². The molecule has 90 valence electrons. The fourth-order valence-corrected chi connectivity index (χ4v) is 1.04. The summed E-state index contributed by atoms with van der Waals surface area (Å²) in [4.78, 5) is 33.0. The first kappa shape index (κ1) is 12.3. The minimum Gasteiger partial charge on any atom is -0.258 e. The number of hydrogen-bond donors (Lipinski definition) is 1. The molecule has 0 unspecified atom stereocenters. The molecule has 0 bridgehead atoms. The first-order valence-electron chi connectivity index (χ1n) is 3.95. The summed E-state index contributed by atoms with van der Waals surface area (Å²) in [7, 11) is 0. The van der Waals surface area contributed by atoms with Crippen LogP contribution in [-0.4, -0.2) is 9.85 Å². The smallest absolute Gasteiger partial charge is 0.258 e. The molecule has 17 heavy (non-hydrogen) atoms. The second-order valence-corrected chi connectivity index (χ2v) is 2.67. The molecule has 0 saturated carbocycles. The molecule has 1 rings (SSSR count). The van der Waals surface area contributed by atoms with Gasteiger partial charge in [-0.1, -0.05) is 0 Å². The van der Waals surface area contributed by atoms with E-state index in [2.05, 4.69) is 4.94 Å². The normalized spacial score (nSPS) is 9.47. The Kier molecular flexibility index (Phi) is 3.46. The topological polar surface area (TPSA) is 154 Å². The molecule has 0 aliphatic heterocycles. The van der Waals surface area contributed by atoms with Gasteiger partial charge in [-0.2, -0.15) is 0 Å². The molecule has 0 aliphatic carbocycles. The number of hydrogen-bond acceptors (Lipinski definition) is 9. The predicted molar refractivity (Wildman–Crippen MR) is 53.3 cm³/mol. The van der Waals surface area contributed by atoms with Crippen LogP contribution in [0.3, 0.4) is 0 Å². The lowest BCUT2D eigenvalue weighted by Gasteiger charge is -2.11. The van der Waals surface area contributed by atoms with Crippen molar-refractivity contribution in [2.24, 2.45) is 11.2 Å². The SMILES string of the molecule is NN(ON=O)c1ccc([N+](=O)[O-])cc1[N+](=O)[O-]. The maximum Gasteiger partial charge on any atom is 0.304 e. The van der Waals surface area contributed by atoms with E-state index in [4.69, 9.17) is 5.84 Å². The van der Waals surface area contributed by atoms with Crippen LogP contribution in [0.5, 0.6) is 0 Å². The number of nitro groups is 2. The van der Waals surface area contributed by atoms with E-state index in [0.29, 0.717) is 6.07 Å². The molecule has 0 aromatic heterocycles. The third kappa shape index (κ3) is 2.60. The van der Waals surface area contributed by atoms with Crippen LogP contribution >= 0.6 is 0 Å². The zero-order chi connectivity index (χ0) is 13.0.